The molecule has 0 atom stereocenters. The Morgan fingerprint density at radius 3 is 2.44 bits per heavy atom. The number of amides is 1. The summed E-state index contributed by atoms with van der Waals surface area (Å²) >= 11 is 0. The van der Waals surface area contributed by atoms with Crippen molar-refractivity contribution in [2.75, 3.05) is 6.54 Å². The molecule has 0 spiro atoms. The van der Waals surface area contributed by atoms with Crippen LogP contribution in [-0.4, -0.2) is 12.5 Å². The van der Waals surface area contributed by atoms with Crippen molar-refractivity contribution in [3.8, 4) is 0 Å². The highest BCUT2D eigenvalue weighted by Crippen LogP contribution is 2.21. The Morgan fingerprint density at radius 1 is 1.17 bits per heavy atom. The Labute approximate surface area is 111 Å². The Kier molecular flexibility index (Phi) is 5.90. The van der Waals surface area contributed by atoms with Gasteiger partial charge in [0.25, 0.3) is 0 Å². The summed E-state index contributed by atoms with van der Waals surface area (Å²) in [6, 6.07) is 10.2. The van der Waals surface area contributed by atoms with E-state index in [9.17, 15) is 4.79 Å². The van der Waals surface area contributed by atoms with Gasteiger partial charge in [-0.05, 0) is 18.4 Å². The van der Waals surface area contributed by atoms with Crippen LogP contribution in [0.3, 0.4) is 0 Å². The first kappa shape index (κ1) is 14.7. The molecule has 1 amide bonds. The molecule has 0 radical (unpaired) electrons. The zero-order valence-corrected chi connectivity index (χ0v) is 11.8. The first-order valence-electron chi connectivity index (χ1n) is 6.88. The zero-order chi connectivity index (χ0) is 13.4. The summed E-state index contributed by atoms with van der Waals surface area (Å²) in [5, 5.41) is 3.04. The van der Waals surface area contributed by atoms with E-state index in [1.165, 1.54) is 18.4 Å². The van der Waals surface area contributed by atoms with Crippen molar-refractivity contribution in [2.45, 2.75) is 46.5 Å². The number of rotatable bonds is 7. The van der Waals surface area contributed by atoms with E-state index in [1.54, 1.807) is 0 Å². The molecule has 18 heavy (non-hydrogen) atoms. The molecule has 1 aromatic carbocycles. The molecule has 0 saturated heterocycles. The number of hydrogen-bond donors (Lipinski definition) is 1. The molecule has 1 N–H and O–H groups in total. The lowest BCUT2D eigenvalue weighted by Crippen LogP contribution is -2.38. The van der Waals surface area contributed by atoms with Crippen molar-refractivity contribution >= 4 is 5.91 Å². The van der Waals surface area contributed by atoms with Crippen molar-refractivity contribution < 1.29 is 4.79 Å². The zero-order valence-electron chi connectivity index (χ0n) is 11.8. The number of unbranched alkanes of at least 4 members (excludes halogenated alkanes) is 2. The van der Waals surface area contributed by atoms with Gasteiger partial charge in [0.1, 0.15) is 0 Å². The molecular weight excluding hydrogens is 222 g/mol. The SMILES string of the molecule is CCCCCNC(=O)C(C)(C)Cc1ccccc1. The van der Waals surface area contributed by atoms with E-state index in [1.807, 2.05) is 32.0 Å². The minimum atomic E-state index is -0.340. The summed E-state index contributed by atoms with van der Waals surface area (Å²) in [7, 11) is 0. The maximum absolute atomic E-state index is 12.1. The predicted octanol–water partition coefficient (Wildman–Crippen LogP) is 3.56. The van der Waals surface area contributed by atoms with E-state index < -0.39 is 0 Å². The van der Waals surface area contributed by atoms with Crippen LogP contribution in [0.5, 0.6) is 0 Å². The van der Waals surface area contributed by atoms with Crippen molar-refractivity contribution in [1.82, 2.24) is 5.32 Å². The quantitative estimate of drug-likeness (QED) is 0.733. The van der Waals surface area contributed by atoms with Crippen LogP contribution in [0.2, 0.25) is 0 Å². The summed E-state index contributed by atoms with van der Waals surface area (Å²) in [5.74, 6) is 0.155. The molecule has 0 fully saturated rings. The van der Waals surface area contributed by atoms with Crippen LogP contribution in [0.25, 0.3) is 0 Å². The van der Waals surface area contributed by atoms with Crippen LogP contribution >= 0.6 is 0 Å². The summed E-state index contributed by atoms with van der Waals surface area (Å²) in [6.45, 7) is 6.98. The molecule has 0 saturated carbocycles. The fourth-order valence-corrected chi connectivity index (χ4v) is 2.00. The Hall–Kier alpha value is -1.31. The number of nitrogens with one attached hydrogen (secondary N) is 1. The fourth-order valence-electron chi connectivity index (χ4n) is 2.00. The van der Waals surface area contributed by atoms with Gasteiger partial charge in [0.2, 0.25) is 5.91 Å². The fraction of sp³-hybridized carbons (Fsp3) is 0.562. The van der Waals surface area contributed by atoms with E-state index in [0.717, 1.165) is 19.4 Å². The molecule has 1 rings (SSSR count). The lowest BCUT2D eigenvalue weighted by molar-refractivity contribution is -0.129. The van der Waals surface area contributed by atoms with Crippen molar-refractivity contribution in [3.05, 3.63) is 35.9 Å². The van der Waals surface area contributed by atoms with Crippen LogP contribution in [-0.2, 0) is 11.2 Å². The average molecular weight is 247 g/mol. The maximum Gasteiger partial charge on any atom is 0.225 e. The van der Waals surface area contributed by atoms with Gasteiger partial charge < -0.3 is 5.32 Å². The van der Waals surface area contributed by atoms with Crippen LogP contribution in [0, 0.1) is 5.41 Å². The lowest BCUT2D eigenvalue weighted by atomic mass is 9.85. The third-order valence-electron chi connectivity index (χ3n) is 3.17. The minimum Gasteiger partial charge on any atom is -0.356 e. The monoisotopic (exact) mass is 247 g/mol. The van der Waals surface area contributed by atoms with Crippen molar-refractivity contribution in [3.63, 3.8) is 0 Å². The van der Waals surface area contributed by atoms with Gasteiger partial charge in [-0.2, -0.15) is 0 Å². The van der Waals surface area contributed by atoms with E-state index in [4.69, 9.17) is 0 Å². The number of hydrogen-bond acceptors (Lipinski definition) is 1. The van der Waals surface area contributed by atoms with Gasteiger partial charge in [0.15, 0.2) is 0 Å². The second-order valence-corrected chi connectivity index (χ2v) is 5.51. The highest BCUT2D eigenvalue weighted by molar-refractivity contribution is 5.82. The molecule has 0 unspecified atom stereocenters. The molecule has 2 heteroatoms. The second kappa shape index (κ2) is 7.20. The predicted molar refractivity (Wildman–Crippen MR) is 76.5 cm³/mol. The van der Waals surface area contributed by atoms with Crippen LogP contribution < -0.4 is 5.32 Å². The van der Waals surface area contributed by atoms with Crippen molar-refractivity contribution in [1.29, 1.82) is 0 Å². The van der Waals surface area contributed by atoms with E-state index >= 15 is 0 Å². The largest absolute Gasteiger partial charge is 0.356 e. The third-order valence-corrected chi connectivity index (χ3v) is 3.17. The summed E-state index contributed by atoms with van der Waals surface area (Å²) < 4.78 is 0. The second-order valence-electron chi connectivity index (χ2n) is 5.51. The average Bonchev–Trinajstić information content (AvgIpc) is 2.35. The topological polar surface area (TPSA) is 29.1 Å². The first-order valence-corrected chi connectivity index (χ1v) is 6.88. The van der Waals surface area contributed by atoms with E-state index in [2.05, 4.69) is 24.4 Å². The molecule has 0 heterocycles. The molecule has 0 bridgehead atoms. The highest BCUT2D eigenvalue weighted by atomic mass is 16.2. The lowest BCUT2D eigenvalue weighted by Gasteiger charge is -2.23. The summed E-state index contributed by atoms with van der Waals surface area (Å²) in [6.07, 6.45) is 4.22. The molecule has 0 aliphatic heterocycles. The van der Waals surface area contributed by atoms with Gasteiger partial charge in [-0.15, -0.1) is 0 Å². The summed E-state index contributed by atoms with van der Waals surface area (Å²) in [5.41, 5.74) is 0.874. The van der Waals surface area contributed by atoms with Crippen LogP contribution in [0.1, 0.15) is 45.6 Å². The van der Waals surface area contributed by atoms with E-state index in [0.29, 0.717) is 0 Å². The molecule has 0 aliphatic rings. The maximum atomic E-state index is 12.1. The third kappa shape index (κ3) is 4.91. The minimum absolute atomic E-state index is 0.155. The van der Waals surface area contributed by atoms with Gasteiger partial charge in [0.05, 0.1) is 0 Å². The smallest absolute Gasteiger partial charge is 0.225 e. The molecular formula is C16H25NO. The standard InChI is InChI=1S/C16H25NO/c1-4-5-9-12-17-15(18)16(2,3)13-14-10-7-6-8-11-14/h6-8,10-11H,4-5,9,12-13H2,1-3H3,(H,17,18). The van der Waals surface area contributed by atoms with Gasteiger partial charge in [0, 0.05) is 12.0 Å². The number of carbonyl (C=O) groups excluding carboxylic acids is 1. The van der Waals surface area contributed by atoms with Crippen LogP contribution in [0.15, 0.2) is 30.3 Å². The highest BCUT2D eigenvalue weighted by Gasteiger charge is 2.27. The number of carbonyl (C=O) groups is 1. The Bertz CT molecular complexity index is 357. The molecule has 0 aliphatic carbocycles. The van der Waals surface area contributed by atoms with Gasteiger partial charge in [-0.25, -0.2) is 0 Å². The molecule has 0 aromatic heterocycles. The first-order chi connectivity index (χ1) is 8.56. The van der Waals surface area contributed by atoms with Gasteiger partial charge in [-0.1, -0.05) is 63.9 Å². The molecule has 2 nitrogen and oxygen atoms in total. The Balaban J connectivity index is 2.44. The molecule has 100 valence electrons. The van der Waals surface area contributed by atoms with E-state index in [-0.39, 0.29) is 11.3 Å². The molecule has 1 aromatic rings. The van der Waals surface area contributed by atoms with Gasteiger partial charge >= 0.3 is 0 Å². The van der Waals surface area contributed by atoms with Crippen LogP contribution in [0.4, 0.5) is 0 Å². The van der Waals surface area contributed by atoms with Gasteiger partial charge in [-0.3, -0.25) is 4.79 Å². The normalized spacial score (nSPS) is 11.3. The Morgan fingerprint density at radius 2 is 1.83 bits per heavy atom. The summed E-state index contributed by atoms with van der Waals surface area (Å²) in [4.78, 5) is 12.1. The number of benzene rings is 1. The van der Waals surface area contributed by atoms with Crippen molar-refractivity contribution in [2.24, 2.45) is 5.41 Å².